The minimum Gasteiger partial charge on any atom is -0.376 e. The van der Waals surface area contributed by atoms with Crippen LogP contribution in [0.4, 0.5) is 30.5 Å². The van der Waals surface area contributed by atoms with Crippen LogP contribution in [0.1, 0.15) is 18.4 Å². The van der Waals surface area contributed by atoms with Crippen molar-refractivity contribution in [3.8, 4) is 0 Å². The molecule has 134 valence electrons. The maximum atomic E-state index is 12.9. The summed E-state index contributed by atoms with van der Waals surface area (Å²) in [6.45, 7) is 1.39. The van der Waals surface area contributed by atoms with Crippen molar-refractivity contribution in [3.63, 3.8) is 0 Å². The van der Waals surface area contributed by atoms with Gasteiger partial charge in [-0.15, -0.1) is 0 Å². The molecule has 0 aliphatic carbocycles. The molecule has 1 fully saturated rings. The van der Waals surface area contributed by atoms with E-state index in [0.717, 1.165) is 25.5 Å². The highest BCUT2D eigenvalue weighted by Crippen LogP contribution is 2.36. The van der Waals surface area contributed by atoms with Crippen molar-refractivity contribution in [2.45, 2.75) is 25.1 Å². The summed E-state index contributed by atoms with van der Waals surface area (Å²) in [6, 6.07) is 5.23. The second kappa shape index (κ2) is 7.45. The normalized spacial score (nSPS) is 17.5. The highest BCUT2D eigenvalue weighted by Gasteiger charge is 2.33. The Bertz CT molecular complexity index is 736. The predicted octanol–water partition coefficient (Wildman–Crippen LogP) is 4.48. The van der Waals surface area contributed by atoms with Crippen LogP contribution in [0.2, 0.25) is 5.02 Å². The number of hydrogen-bond acceptors (Lipinski definition) is 5. The molecule has 0 spiro atoms. The molecule has 9 heteroatoms. The van der Waals surface area contributed by atoms with Gasteiger partial charge in [0.15, 0.2) is 0 Å². The molecule has 0 saturated carbocycles. The van der Waals surface area contributed by atoms with E-state index >= 15 is 0 Å². The van der Waals surface area contributed by atoms with Crippen molar-refractivity contribution in [2.75, 3.05) is 23.8 Å². The first-order valence-corrected chi connectivity index (χ1v) is 8.11. The standard InChI is InChI=1S/C16H16ClF3N4O/c17-13-4-3-10(6-12(13)16(18,19)20)24-15-7-14(22-9-23-15)21-8-11-2-1-5-25-11/h3-4,6-7,9,11H,1-2,5,8H2,(H2,21,22,23,24). The summed E-state index contributed by atoms with van der Waals surface area (Å²) in [5, 5.41) is 5.62. The highest BCUT2D eigenvalue weighted by molar-refractivity contribution is 6.31. The minimum atomic E-state index is -4.52. The Morgan fingerprint density at radius 2 is 2.00 bits per heavy atom. The minimum absolute atomic E-state index is 0.150. The van der Waals surface area contributed by atoms with Crippen molar-refractivity contribution in [2.24, 2.45) is 0 Å². The Balaban J connectivity index is 1.69. The molecule has 0 amide bonds. The largest absolute Gasteiger partial charge is 0.417 e. The number of aromatic nitrogens is 2. The lowest BCUT2D eigenvalue weighted by Gasteiger charge is -2.13. The van der Waals surface area contributed by atoms with Gasteiger partial charge in [0.05, 0.1) is 16.7 Å². The molecule has 2 aromatic rings. The number of halogens is 4. The van der Waals surface area contributed by atoms with Crippen LogP contribution in [0.15, 0.2) is 30.6 Å². The molecule has 1 atom stereocenters. The fourth-order valence-electron chi connectivity index (χ4n) is 2.51. The summed E-state index contributed by atoms with van der Waals surface area (Å²) in [5.74, 6) is 0.943. The van der Waals surface area contributed by atoms with E-state index in [1.165, 1.54) is 18.5 Å². The van der Waals surface area contributed by atoms with Gasteiger partial charge >= 0.3 is 6.18 Å². The van der Waals surface area contributed by atoms with Crippen molar-refractivity contribution >= 4 is 28.9 Å². The zero-order chi connectivity index (χ0) is 17.9. The molecule has 5 nitrogen and oxygen atoms in total. The number of anilines is 3. The lowest BCUT2D eigenvalue weighted by atomic mass is 10.2. The van der Waals surface area contributed by atoms with Gasteiger partial charge in [-0.3, -0.25) is 0 Å². The maximum Gasteiger partial charge on any atom is 0.417 e. The third-order valence-corrected chi connectivity index (χ3v) is 4.08. The maximum absolute atomic E-state index is 12.9. The van der Waals surface area contributed by atoms with Crippen LogP contribution in [0.5, 0.6) is 0 Å². The smallest absolute Gasteiger partial charge is 0.376 e. The summed E-state index contributed by atoms with van der Waals surface area (Å²) in [5.41, 5.74) is -0.662. The van der Waals surface area contributed by atoms with E-state index in [-0.39, 0.29) is 16.8 Å². The summed E-state index contributed by atoms with van der Waals surface area (Å²) in [6.07, 6.45) is -0.998. The molecule has 1 unspecified atom stereocenters. The van der Waals surface area contributed by atoms with Gasteiger partial charge in [-0.2, -0.15) is 13.2 Å². The van der Waals surface area contributed by atoms with Crippen molar-refractivity contribution < 1.29 is 17.9 Å². The zero-order valence-corrected chi connectivity index (χ0v) is 13.9. The first-order valence-electron chi connectivity index (χ1n) is 7.73. The van der Waals surface area contributed by atoms with Gasteiger partial charge < -0.3 is 15.4 Å². The van der Waals surface area contributed by atoms with Crippen LogP contribution in [-0.2, 0) is 10.9 Å². The molecule has 1 aromatic carbocycles. The number of nitrogens with one attached hydrogen (secondary N) is 2. The second-order valence-corrected chi connectivity index (χ2v) is 6.03. The van der Waals surface area contributed by atoms with E-state index in [9.17, 15) is 13.2 Å². The fourth-order valence-corrected chi connectivity index (χ4v) is 2.74. The first kappa shape index (κ1) is 17.8. The summed E-state index contributed by atoms with van der Waals surface area (Å²) < 4.78 is 44.3. The van der Waals surface area contributed by atoms with Crippen molar-refractivity contribution in [1.82, 2.24) is 9.97 Å². The Hall–Kier alpha value is -2.06. The number of benzene rings is 1. The van der Waals surface area contributed by atoms with E-state index in [4.69, 9.17) is 16.3 Å². The van der Waals surface area contributed by atoms with Crippen molar-refractivity contribution in [3.05, 3.63) is 41.2 Å². The SMILES string of the molecule is FC(F)(F)c1cc(Nc2cc(NCC3CCCO3)ncn2)ccc1Cl. The Morgan fingerprint density at radius 1 is 1.20 bits per heavy atom. The molecule has 3 rings (SSSR count). The molecule has 1 aromatic heterocycles. The molecule has 2 heterocycles. The van der Waals surface area contributed by atoms with Gasteiger partial charge in [0, 0.05) is 24.9 Å². The molecular weight excluding hydrogens is 357 g/mol. The van der Waals surface area contributed by atoms with E-state index in [2.05, 4.69) is 20.6 Å². The first-order chi connectivity index (χ1) is 11.9. The van der Waals surface area contributed by atoms with Crippen LogP contribution >= 0.6 is 11.6 Å². The summed E-state index contributed by atoms with van der Waals surface area (Å²) >= 11 is 5.62. The lowest BCUT2D eigenvalue weighted by molar-refractivity contribution is -0.137. The molecular formula is C16H16ClF3N4O. The third kappa shape index (κ3) is 4.73. The molecule has 25 heavy (non-hydrogen) atoms. The van der Waals surface area contributed by atoms with Crippen LogP contribution < -0.4 is 10.6 Å². The fraction of sp³-hybridized carbons (Fsp3) is 0.375. The Morgan fingerprint density at radius 3 is 2.72 bits per heavy atom. The van der Waals surface area contributed by atoms with Gasteiger partial charge in [0.25, 0.3) is 0 Å². The Kier molecular flexibility index (Phi) is 5.29. The van der Waals surface area contributed by atoms with E-state index in [0.29, 0.717) is 18.2 Å². The number of ether oxygens (including phenoxy) is 1. The van der Waals surface area contributed by atoms with Crippen LogP contribution in [-0.4, -0.2) is 29.2 Å². The Labute approximate surface area is 147 Å². The van der Waals surface area contributed by atoms with Crippen molar-refractivity contribution in [1.29, 1.82) is 0 Å². The lowest BCUT2D eigenvalue weighted by Crippen LogP contribution is -2.19. The molecule has 1 saturated heterocycles. The molecule has 1 aliphatic rings. The average Bonchev–Trinajstić information content (AvgIpc) is 3.08. The van der Waals surface area contributed by atoms with Gasteiger partial charge in [-0.1, -0.05) is 11.6 Å². The van der Waals surface area contributed by atoms with E-state index < -0.39 is 11.7 Å². The highest BCUT2D eigenvalue weighted by atomic mass is 35.5. The molecule has 0 radical (unpaired) electrons. The quantitative estimate of drug-likeness (QED) is 0.810. The molecule has 0 bridgehead atoms. The number of rotatable bonds is 5. The zero-order valence-electron chi connectivity index (χ0n) is 13.1. The molecule has 1 aliphatic heterocycles. The topological polar surface area (TPSA) is 59.1 Å². The second-order valence-electron chi connectivity index (χ2n) is 5.62. The number of hydrogen-bond donors (Lipinski definition) is 2. The van der Waals surface area contributed by atoms with Gasteiger partial charge in [0.1, 0.15) is 18.0 Å². The van der Waals surface area contributed by atoms with E-state index in [1.807, 2.05) is 0 Å². The van der Waals surface area contributed by atoms with Crippen LogP contribution in [0.3, 0.4) is 0 Å². The summed E-state index contributed by atoms with van der Waals surface area (Å²) in [4.78, 5) is 8.12. The van der Waals surface area contributed by atoms with Gasteiger partial charge in [-0.25, -0.2) is 9.97 Å². The van der Waals surface area contributed by atoms with Crippen LogP contribution in [0.25, 0.3) is 0 Å². The number of alkyl halides is 3. The van der Waals surface area contributed by atoms with E-state index in [1.54, 1.807) is 6.07 Å². The van der Waals surface area contributed by atoms with Crippen LogP contribution in [0, 0.1) is 0 Å². The average molecular weight is 373 g/mol. The predicted molar refractivity (Wildman–Crippen MR) is 89.2 cm³/mol. The monoisotopic (exact) mass is 372 g/mol. The van der Waals surface area contributed by atoms with Gasteiger partial charge in [-0.05, 0) is 31.0 Å². The number of nitrogens with zero attached hydrogens (tertiary/aromatic N) is 2. The van der Waals surface area contributed by atoms with Gasteiger partial charge in [0.2, 0.25) is 0 Å². The third-order valence-electron chi connectivity index (χ3n) is 3.75. The molecule has 2 N–H and O–H groups in total. The summed E-state index contributed by atoms with van der Waals surface area (Å²) in [7, 11) is 0.